The normalized spacial score (nSPS) is 15.1. The molecule has 0 radical (unpaired) electrons. The smallest absolute Gasteiger partial charge is 0.274 e. The fraction of sp³-hybridized carbons (Fsp3) is 0.400. The van der Waals surface area contributed by atoms with Gasteiger partial charge in [-0.15, -0.1) is 0 Å². The second kappa shape index (κ2) is 8.42. The summed E-state index contributed by atoms with van der Waals surface area (Å²) in [6.45, 7) is 7.58. The number of aryl methyl sites for hydroxylation is 1. The maximum atomic E-state index is 12.9. The van der Waals surface area contributed by atoms with Crippen LogP contribution in [0.4, 0.5) is 0 Å². The van der Waals surface area contributed by atoms with Crippen molar-refractivity contribution in [3.05, 3.63) is 71.2 Å². The standard InChI is InChI=1S/C25H29N3O2/c1-17(2)14-19-4-6-20(7-5-19)24(29)21-9-12-27(13-10-21)25(30)22-16-28-11-8-18(3)15-23(28)26-22/h4-8,11,15-17,21H,9-10,12-14H2,1-3H3. The van der Waals surface area contributed by atoms with Crippen molar-refractivity contribution < 1.29 is 9.59 Å². The number of carbonyl (C=O) groups is 2. The summed E-state index contributed by atoms with van der Waals surface area (Å²) in [6.07, 6.45) is 6.13. The Labute approximate surface area is 177 Å². The van der Waals surface area contributed by atoms with Gasteiger partial charge in [-0.2, -0.15) is 0 Å². The molecule has 1 aromatic carbocycles. The SMILES string of the molecule is Cc1ccn2cc(C(=O)N3CCC(C(=O)c4ccc(CC(C)C)cc4)CC3)nc2c1. The summed E-state index contributed by atoms with van der Waals surface area (Å²) in [5, 5.41) is 0. The lowest BCUT2D eigenvalue weighted by molar-refractivity contribution is 0.0646. The van der Waals surface area contributed by atoms with Crippen LogP contribution in [0.25, 0.3) is 5.65 Å². The zero-order valence-electron chi connectivity index (χ0n) is 18.0. The maximum Gasteiger partial charge on any atom is 0.274 e. The fourth-order valence-corrected chi connectivity index (χ4v) is 4.21. The molecule has 0 atom stereocenters. The maximum absolute atomic E-state index is 12.9. The van der Waals surface area contributed by atoms with Crippen LogP contribution in [0.5, 0.6) is 0 Å². The number of amides is 1. The van der Waals surface area contributed by atoms with Gasteiger partial charge in [0, 0.05) is 37.0 Å². The summed E-state index contributed by atoms with van der Waals surface area (Å²) in [6, 6.07) is 12.0. The van der Waals surface area contributed by atoms with E-state index < -0.39 is 0 Å². The number of ketones is 1. The van der Waals surface area contributed by atoms with Gasteiger partial charge in [-0.25, -0.2) is 4.98 Å². The number of likely N-dealkylation sites (tertiary alicyclic amines) is 1. The molecule has 1 saturated heterocycles. The first-order valence-electron chi connectivity index (χ1n) is 10.8. The Bertz CT molecular complexity index is 1060. The summed E-state index contributed by atoms with van der Waals surface area (Å²) < 4.78 is 1.87. The number of hydrogen-bond donors (Lipinski definition) is 0. The van der Waals surface area contributed by atoms with E-state index in [9.17, 15) is 9.59 Å². The lowest BCUT2D eigenvalue weighted by Gasteiger charge is -2.30. The third-order valence-corrected chi connectivity index (χ3v) is 5.87. The summed E-state index contributed by atoms with van der Waals surface area (Å²) >= 11 is 0. The van der Waals surface area contributed by atoms with Crippen molar-refractivity contribution in [2.75, 3.05) is 13.1 Å². The number of benzene rings is 1. The van der Waals surface area contributed by atoms with Crippen LogP contribution >= 0.6 is 0 Å². The topological polar surface area (TPSA) is 54.7 Å². The highest BCUT2D eigenvalue weighted by atomic mass is 16.2. The van der Waals surface area contributed by atoms with Crippen LogP contribution in [-0.4, -0.2) is 39.1 Å². The molecule has 1 fully saturated rings. The second-order valence-corrected chi connectivity index (χ2v) is 8.82. The van der Waals surface area contributed by atoms with E-state index in [4.69, 9.17) is 0 Å². The molecule has 1 amide bonds. The number of carbonyl (C=O) groups excluding carboxylic acids is 2. The Morgan fingerprint density at radius 1 is 1.10 bits per heavy atom. The number of pyridine rings is 1. The lowest BCUT2D eigenvalue weighted by atomic mass is 9.88. The van der Waals surface area contributed by atoms with Crippen LogP contribution in [0.15, 0.2) is 48.8 Å². The summed E-state index contributed by atoms with van der Waals surface area (Å²) in [5.74, 6) is 0.723. The molecule has 5 nitrogen and oxygen atoms in total. The van der Waals surface area contributed by atoms with Crippen molar-refractivity contribution in [3.8, 4) is 0 Å². The van der Waals surface area contributed by atoms with Crippen molar-refractivity contribution >= 4 is 17.3 Å². The largest absolute Gasteiger partial charge is 0.337 e. The zero-order valence-corrected chi connectivity index (χ0v) is 18.0. The van der Waals surface area contributed by atoms with E-state index in [-0.39, 0.29) is 17.6 Å². The Morgan fingerprint density at radius 3 is 2.47 bits per heavy atom. The number of Topliss-reactive ketones (excluding diaryl/α,β-unsaturated/α-hetero) is 1. The molecule has 156 valence electrons. The molecule has 5 heteroatoms. The van der Waals surface area contributed by atoms with Crippen molar-refractivity contribution in [2.24, 2.45) is 11.8 Å². The molecule has 0 bridgehead atoms. The first-order valence-corrected chi connectivity index (χ1v) is 10.8. The van der Waals surface area contributed by atoms with Crippen molar-refractivity contribution in [1.29, 1.82) is 0 Å². The third-order valence-electron chi connectivity index (χ3n) is 5.87. The highest BCUT2D eigenvalue weighted by molar-refractivity contribution is 5.98. The van der Waals surface area contributed by atoms with Gasteiger partial charge >= 0.3 is 0 Å². The third kappa shape index (κ3) is 4.30. The van der Waals surface area contributed by atoms with Gasteiger partial charge in [0.15, 0.2) is 5.78 Å². The van der Waals surface area contributed by atoms with Crippen molar-refractivity contribution in [2.45, 2.75) is 40.0 Å². The Kier molecular flexibility index (Phi) is 5.71. The molecule has 2 aromatic heterocycles. The Morgan fingerprint density at radius 2 is 1.80 bits per heavy atom. The van der Waals surface area contributed by atoms with Crippen LogP contribution in [-0.2, 0) is 6.42 Å². The average molecular weight is 404 g/mol. The number of rotatable bonds is 5. The number of aromatic nitrogens is 2. The van der Waals surface area contributed by atoms with Crippen LogP contribution in [0, 0.1) is 18.8 Å². The molecule has 0 saturated carbocycles. The van der Waals surface area contributed by atoms with Gasteiger partial charge in [-0.1, -0.05) is 38.1 Å². The molecule has 1 aliphatic heterocycles. The quantitative estimate of drug-likeness (QED) is 0.586. The molecule has 3 heterocycles. The molecule has 0 N–H and O–H groups in total. The summed E-state index contributed by atoms with van der Waals surface area (Å²) in [4.78, 5) is 32.1. The number of imidazole rings is 1. The number of hydrogen-bond acceptors (Lipinski definition) is 3. The summed E-state index contributed by atoms with van der Waals surface area (Å²) in [7, 11) is 0. The van der Waals surface area contributed by atoms with Gasteiger partial charge in [-0.3, -0.25) is 9.59 Å². The van der Waals surface area contributed by atoms with Crippen LogP contribution < -0.4 is 0 Å². The average Bonchev–Trinajstić information content (AvgIpc) is 3.16. The van der Waals surface area contributed by atoms with Crippen LogP contribution in [0.3, 0.4) is 0 Å². The minimum atomic E-state index is -0.0553. The fourth-order valence-electron chi connectivity index (χ4n) is 4.21. The van der Waals surface area contributed by atoms with E-state index >= 15 is 0 Å². The van der Waals surface area contributed by atoms with Gasteiger partial charge in [0.05, 0.1) is 0 Å². The molecular formula is C25H29N3O2. The zero-order chi connectivity index (χ0) is 21.3. The van der Waals surface area contributed by atoms with Gasteiger partial charge in [0.2, 0.25) is 0 Å². The summed E-state index contributed by atoms with van der Waals surface area (Å²) in [5.41, 5.74) is 4.41. The molecule has 0 unspecified atom stereocenters. The van der Waals surface area contributed by atoms with E-state index in [1.165, 1.54) is 5.56 Å². The molecule has 4 rings (SSSR count). The van der Waals surface area contributed by atoms with Gasteiger partial charge in [-0.05, 0) is 55.4 Å². The molecule has 30 heavy (non-hydrogen) atoms. The van der Waals surface area contributed by atoms with Crippen molar-refractivity contribution in [1.82, 2.24) is 14.3 Å². The molecule has 3 aromatic rings. The number of piperidine rings is 1. The van der Waals surface area contributed by atoms with Crippen molar-refractivity contribution in [3.63, 3.8) is 0 Å². The van der Waals surface area contributed by atoms with E-state index in [1.807, 2.05) is 46.7 Å². The molecular weight excluding hydrogens is 374 g/mol. The van der Waals surface area contributed by atoms with E-state index in [0.717, 1.165) is 23.2 Å². The highest BCUT2D eigenvalue weighted by Gasteiger charge is 2.29. The van der Waals surface area contributed by atoms with Gasteiger partial charge in [0.1, 0.15) is 11.3 Å². The van der Waals surface area contributed by atoms with E-state index in [0.29, 0.717) is 37.5 Å². The second-order valence-electron chi connectivity index (χ2n) is 8.82. The monoisotopic (exact) mass is 403 g/mol. The first kappa shape index (κ1) is 20.3. The predicted octanol–water partition coefficient (Wildman–Crippen LogP) is 4.58. The van der Waals surface area contributed by atoms with E-state index in [1.54, 1.807) is 6.20 Å². The lowest BCUT2D eigenvalue weighted by Crippen LogP contribution is -2.40. The Hall–Kier alpha value is -2.95. The molecule has 1 aliphatic rings. The highest BCUT2D eigenvalue weighted by Crippen LogP contribution is 2.24. The molecule has 0 aliphatic carbocycles. The van der Waals surface area contributed by atoms with Crippen LogP contribution in [0.2, 0.25) is 0 Å². The predicted molar refractivity (Wildman–Crippen MR) is 118 cm³/mol. The minimum Gasteiger partial charge on any atom is -0.337 e. The molecule has 0 spiro atoms. The van der Waals surface area contributed by atoms with E-state index in [2.05, 4.69) is 31.0 Å². The number of fused-ring (bicyclic) bond motifs is 1. The number of nitrogens with zero attached hydrogens (tertiary/aromatic N) is 3. The first-order chi connectivity index (χ1) is 14.4. The Balaban J connectivity index is 1.37. The minimum absolute atomic E-state index is 0.0197. The van der Waals surface area contributed by atoms with Gasteiger partial charge < -0.3 is 9.30 Å². The van der Waals surface area contributed by atoms with Gasteiger partial charge in [0.25, 0.3) is 5.91 Å². The van der Waals surface area contributed by atoms with Crippen LogP contribution in [0.1, 0.15) is 58.7 Å².